The molecule has 0 saturated carbocycles. The van der Waals surface area contributed by atoms with Crippen LogP contribution in [0.1, 0.15) is 38.2 Å². The van der Waals surface area contributed by atoms with Crippen molar-refractivity contribution >= 4 is 11.7 Å². The van der Waals surface area contributed by atoms with E-state index in [1.54, 1.807) is 12.1 Å². The summed E-state index contributed by atoms with van der Waals surface area (Å²) in [7, 11) is 0. The minimum Gasteiger partial charge on any atom is -0.458 e. The average Bonchev–Trinajstić information content (AvgIpc) is 2.45. The third-order valence-electron chi connectivity index (χ3n) is 3.12. The highest BCUT2D eigenvalue weighted by Crippen LogP contribution is 2.19. The van der Waals surface area contributed by atoms with E-state index in [4.69, 9.17) is 16.2 Å². The predicted octanol–water partition coefficient (Wildman–Crippen LogP) is 1.83. The monoisotopic (exact) mass is 295 g/mol. The molecule has 0 aliphatic heterocycles. The van der Waals surface area contributed by atoms with Crippen molar-refractivity contribution in [2.24, 2.45) is 11.5 Å². The van der Waals surface area contributed by atoms with E-state index in [1.165, 1.54) is 12.1 Å². The van der Waals surface area contributed by atoms with Gasteiger partial charge in [-0.15, -0.1) is 0 Å². The number of unbranched alkanes of at least 4 members (excludes halogenated alkanes) is 2. The Morgan fingerprint density at radius 2 is 2.00 bits per heavy atom. The average molecular weight is 295 g/mol. The van der Waals surface area contributed by atoms with Crippen LogP contribution in [-0.4, -0.2) is 16.6 Å². The number of nitrogens with two attached hydrogens (primary N) is 2. The fraction of sp³-hybridized carbons (Fsp3) is 0.500. The fourth-order valence-corrected chi connectivity index (χ4v) is 1.86. The van der Waals surface area contributed by atoms with E-state index in [-0.39, 0.29) is 12.3 Å². The molecule has 0 saturated heterocycles. The van der Waals surface area contributed by atoms with Crippen LogP contribution in [0.25, 0.3) is 0 Å². The molecule has 0 aliphatic carbocycles. The maximum Gasteiger partial charge on any atom is 0.341 e. The number of rotatable bonds is 8. The Kier molecular flexibility index (Phi) is 6.26. The van der Waals surface area contributed by atoms with Gasteiger partial charge in [0, 0.05) is 6.07 Å². The van der Waals surface area contributed by atoms with Crippen LogP contribution in [-0.2, 0) is 16.1 Å². The number of benzene rings is 1. The molecular formula is C14H21N3O4. The van der Waals surface area contributed by atoms with Crippen LogP contribution in [0.2, 0.25) is 0 Å². The number of para-hydroxylation sites is 1. The van der Waals surface area contributed by atoms with Gasteiger partial charge in [-0.1, -0.05) is 31.9 Å². The maximum absolute atomic E-state index is 11.9. The number of ether oxygens (including phenoxy) is 1. The minimum absolute atomic E-state index is 0.101. The van der Waals surface area contributed by atoms with Crippen molar-refractivity contribution in [3.8, 4) is 0 Å². The van der Waals surface area contributed by atoms with Crippen molar-refractivity contribution in [3.05, 3.63) is 39.9 Å². The second-order valence-corrected chi connectivity index (χ2v) is 4.96. The summed E-state index contributed by atoms with van der Waals surface area (Å²) < 4.78 is 5.02. The van der Waals surface area contributed by atoms with Crippen molar-refractivity contribution in [1.29, 1.82) is 0 Å². The Bertz CT molecular complexity index is 503. The molecule has 0 bridgehead atoms. The molecule has 0 unspecified atom stereocenters. The molecule has 0 radical (unpaired) electrons. The standard InChI is InChI=1S/C14H21N3O4/c1-2-3-6-9-14(15,16)13(18)21-10-11-7-4-5-8-12(11)17(19)20/h4-5,7-8H,2-3,6,9-10,15-16H2,1H3. The molecule has 116 valence electrons. The molecule has 21 heavy (non-hydrogen) atoms. The first-order valence-corrected chi connectivity index (χ1v) is 6.85. The molecule has 0 aromatic heterocycles. The van der Waals surface area contributed by atoms with Gasteiger partial charge in [-0.2, -0.15) is 0 Å². The zero-order valence-corrected chi connectivity index (χ0v) is 12.1. The lowest BCUT2D eigenvalue weighted by molar-refractivity contribution is -0.385. The lowest BCUT2D eigenvalue weighted by Crippen LogP contribution is -2.57. The smallest absolute Gasteiger partial charge is 0.341 e. The van der Waals surface area contributed by atoms with Crippen LogP contribution in [0.15, 0.2) is 24.3 Å². The summed E-state index contributed by atoms with van der Waals surface area (Å²) in [5.41, 5.74) is 10.1. The summed E-state index contributed by atoms with van der Waals surface area (Å²) in [5.74, 6) is -0.753. The highest BCUT2D eigenvalue weighted by Gasteiger charge is 2.30. The third-order valence-corrected chi connectivity index (χ3v) is 3.12. The zero-order chi connectivity index (χ0) is 15.9. The highest BCUT2D eigenvalue weighted by atomic mass is 16.6. The summed E-state index contributed by atoms with van der Waals surface area (Å²) in [6.45, 7) is 1.81. The van der Waals surface area contributed by atoms with E-state index < -0.39 is 16.6 Å². The quantitative estimate of drug-likeness (QED) is 0.248. The van der Waals surface area contributed by atoms with E-state index in [0.29, 0.717) is 12.0 Å². The largest absolute Gasteiger partial charge is 0.458 e. The SMILES string of the molecule is CCCCCC(N)(N)C(=O)OCc1ccccc1[N+](=O)[O-]. The molecule has 4 N–H and O–H groups in total. The molecule has 7 nitrogen and oxygen atoms in total. The van der Waals surface area contributed by atoms with Gasteiger partial charge >= 0.3 is 5.97 Å². The molecule has 0 fully saturated rings. The Morgan fingerprint density at radius 1 is 1.33 bits per heavy atom. The fourth-order valence-electron chi connectivity index (χ4n) is 1.86. The lowest BCUT2D eigenvalue weighted by Gasteiger charge is -2.22. The topological polar surface area (TPSA) is 121 Å². The van der Waals surface area contributed by atoms with E-state index in [0.717, 1.165) is 19.3 Å². The van der Waals surface area contributed by atoms with Crippen molar-refractivity contribution in [2.45, 2.75) is 44.9 Å². The number of carbonyl (C=O) groups excluding carboxylic acids is 1. The normalized spacial score (nSPS) is 11.2. The molecule has 1 rings (SSSR count). The number of hydrogen-bond acceptors (Lipinski definition) is 6. The number of nitrogens with zero attached hydrogens (tertiary/aromatic N) is 1. The summed E-state index contributed by atoms with van der Waals surface area (Å²) >= 11 is 0. The molecule has 0 heterocycles. The Hall–Kier alpha value is -1.99. The Balaban J connectivity index is 2.62. The number of nitro groups is 1. The van der Waals surface area contributed by atoms with Gasteiger partial charge in [0.25, 0.3) is 5.69 Å². The number of hydrogen-bond donors (Lipinski definition) is 2. The predicted molar refractivity (Wildman–Crippen MR) is 78.1 cm³/mol. The van der Waals surface area contributed by atoms with Crippen LogP contribution in [0.5, 0.6) is 0 Å². The summed E-state index contributed by atoms with van der Waals surface area (Å²) in [4.78, 5) is 22.2. The molecule has 1 aromatic rings. The van der Waals surface area contributed by atoms with Gasteiger partial charge in [0.1, 0.15) is 6.61 Å². The summed E-state index contributed by atoms with van der Waals surface area (Å²) in [6, 6.07) is 6.06. The molecule has 0 spiro atoms. The van der Waals surface area contributed by atoms with Gasteiger partial charge in [-0.3, -0.25) is 10.1 Å². The van der Waals surface area contributed by atoms with E-state index in [9.17, 15) is 14.9 Å². The Labute approximate surface area is 123 Å². The van der Waals surface area contributed by atoms with Crippen molar-refractivity contribution in [1.82, 2.24) is 0 Å². The third kappa shape index (κ3) is 5.13. The molecular weight excluding hydrogens is 274 g/mol. The van der Waals surface area contributed by atoms with Crippen molar-refractivity contribution in [2.75, 3.05) is 0 Å². The van der Waals surface area contributed by atoms with Gasteiger partial charge < -0.3 is 16.2 Å². The second-order valence-electron chi connectivity index (χ2n) is 4.96. The van der Waals surface area contributed by atoms with Crippen LogP contribution < -0.4 is 11.5 Å². The van der Waals surface area contributed by atoms with Crippen LogP contribution in [0.3, 0.4) is 0 Å². The first kappa shape index (κ1) is 17.1. The Morgan fingerprint density at radius 3 is 2.62 bits per heavy atom. The van der Waals surface area contributed by atoms with Gasteiger partial charge in [-0.05, 0) is 18.9 Å². The maximum atomic E-state index is 11.9. The van der Waals surface area contributed by atoms with Crippen molar-refractivity contribution in [3.63, 3.8) is 0 Å². The second kappa shape index (κ2) is 7.70. The van der Waals surface area contributed by atoms with E-state index in [2.05, 4.69) is 0 Å². The first-order chi connectivity index (χ1) is 9.88. The molecule has 0 aliphatic rings. The van der Waals surface area contributed by atoms with Crippen LogP contribution in [0.4, 0.5) is 5.69 Å². The molecule has 1 aromatic carbocycles. The van der Waals surface area contributed by atoms with E-state index in [1.807, 2.05) is 6.92 Å². The number of nitro benzene ring substituents is 1. The van der Waals surface area contributed by atoms with E-state index >= 15 is 0 Å². The summed E-state index contributed by atoms with van der Waals surface area (Å²) in [5, 5.41) is 10.9. The zero-order valence-electron chi connectivity index (χ0n) is 12.1. The van der Waals surface area contributed by atoms with Crippen LogP contribution in [0, 0.1) is 10.1 Å². The summed E-state index contributed by atoms with van der Waals surface area (Å²) in [6.07, 6.45) is 2.95. The van der Waals surface area contributed by atoms with Crippen molar-refractivity contribution < 1.29 is 14.5 Å². The number of esters is 1. The first-order valence-electron chi connectivity index (χ1n) is 6.85. The van der Waals surface area contributed by atoms with Gasteiger partial charge in [-0.25, -0.2) is 4.79 Å². The molecule has 0 atom stereocenters. The van der Waals surface area contributed by atoms with Crippen LogP contribution >= 0.6 is 0 Å². The van der Waals surface area contributed by atoms with Gasteiger partial charge in [0.2, 0.25) is 0 Å². The highest BCUT2D eigenvalue weighted by molar-refractivity contribution is 5.79. The molecule has 0 amide bonds. The minimum atomic E-state index is -1.56. The van der Waals surface area contributed by atoms with Gasteiger partial charge in [0.15, 0.2) is 5.66 Å². The number of carbonyl (C=O) groups is 1. The molecule has 7 heteroatoms. The van der Waals surface area contributed by atoms with Gasteiger partial charge in [0.05, 0.1) is 10.5 Å². The lowest BCUT2D eigenvalue weighted by atomic mass is 10.0.